The van der Waals surface area contributed by atoms with Crippen LogP contribution < -0.4 is 10.4 Å². The van der Waals surface area contributed by atoms with Gasteiger partial charge in [0.25, 0.3) is 19.5 Å². The highest BCUT2D eigenvalue weighted by Crippen LogP contribution is 1.83. The highest BCUT2D eigenvalue weighted by Gasteiger charge is 1.97. The van der Waals surface area contributed by atoms with Crippen LogP contribution in [0.2, 0.25) is 0 Å². The predicted molar refractivity (Wildman–Crippen MR) is 64.7 cm³/mol. The maximum absolute atomic E-state index is 5.66. The van der Waals surface area contributed by atoms with Crippen molar-refractivity contribution in [2.24, 2.45) is 0 Å². The van der Waals surface area contributed by atoms with E-state index in [-0.39, 0.29) is 0 Å². The van der Waals surface area contributed by atoms with Crippen molar-refractivity contribution in [2.45, 2.75) is 0 Å². The second-order valence-electron chi connectivity index (χ2n) is 3.04. The van der Waals surface area contributed by atoms with Crippen LogP contribution in [0.3, 0.4) is 0 Å². The number of rotatable bonds is 4. The monoisotopic (exact) mass is 226 g/mol. The smallest absolute Gasteiger partial charge is 0.256 e. The Kier molecular flexibility index (Phi) is 3.90. The lowest BCUT2D eigenvalue weighted by Gasteiger charge is -2.00. The molecule has 15 heavy (non-hydrogen) atoms. The third-order valence-electron chi connectivity index (χ3n) is 1.89. The van der Waals surface area contributed by atoms with Crippen molar-refractivity contribution >= 4 is 29.9 Å². The molecule has 0 fully saturated rings. The highest BCUT2D eigenvalue weighted by molar-refractivity contribution is 6.60. The van der Waals surface area contributed by atoms with Crippen molar-refractivity contribution in [3.8, 4) is 0 Å². The van der Waals surface area contributed by atoms with Gasteiger partial charge in [0.05, 0.1) is 0 Å². The molecule has 72 valence electrons. The molecule has 0 aliphatic rings. The van der Waals surface area contributed by atoms with Crippen molar-refractivity contribution in [3.05, 3.63) is 60.7 Å². The molecule has 1 nitrogen and oxygen atoms in total. The van der Waals surface area contributed by atoms with Gasteiger partial charge in [-0.05, 0) is 10.4 Å². The third kappa shape index (κ3) is 3.47. The van der Waals surface area contributed by atoms with E-state index in [1.165, 1.54) is 10.4 Å². The van der Waals surface area contributed by atoms with Crippen LogP contribution in [0.4, 0.5) is 0 Å². The van der Waals surface area contributed by atoms with Crippen molar-refractivity contribution < 1.29 is 4.12 Å². The summed E-state index contributed by atoms with van der Waals surface area (Å²) in [5.74, 6) is 0. The average molecular weight is 226 g/mol. The van der Waals surface area contributed by atoms with Gasteiger partial charge < -0.3 is 4.12 Å². The van der Waals surface area contributed by atoms with E-state index in [9.17, 15) is 0 Å². The maximum Gasteiger partial charge on any atom is 0.256 e. The molecular formula is C12H10OSi2. The Labute approximate surface area is 95.0 Å². The molecule has 0 heterocycles. The zero-order valence-electron chi connectivity index (χ0n) is 8.18. The van der Waals surface area contributed by atoms with Crippen LogP contribution in [-0.4, -0.2) is 19.5 Å². The minimum Gasteiger partial charge on any atom is -0.450 e. The van der Waals surface area contributed by atoms with Crippen LogP contribution in [0, 0.1) is 0 Å². The molecule has 0 bridgehead atoms. The number of benzene rings is 2. The Morgan fingerprint density at radius 1 is 0.600 bits per heavy atom. The standard InChI is InChI=1S/C12H10OSi2/c1-3-7-11(8-4-1)14-13-15-12-9-5-2-6-10-12/h1-10H. The first-order chi connectivity index (χ1) is 7.45. The predicted octanol–water partition coefficient (Wildman–Crippen LogP) is 0.892. The van der Waals surface area contributed by atoms with Crippen molar-refractivity contribution in [2.75, 3.05) is 0 Å². The van der Waals surface area contributed by atoms with Gasteiger partial charge in [0.15, 0.2) is 0 Å². The molecule has 0 atom stereocenters. The molecule has 0 spiro atoms. The van der Waals surface area contributed by atoms with Crippen LogP contribution >= 0.6 is 0 Å². The second kappa shape index (κ2) is 5.65. The summed E-state index contributed by atoms with van der Waals surface area (Å²) in [5, 5.41) is 2.50. The molecule has 0 N–H and O–H groups in total. The van der Waals surface area contributed by atoms with Crippen molar-refractivity contribution in [1.29, 1.82) is 0 Å². The largest absolute Gasteiger partial charge is 0.450 e. The zero-order chi connectivity index (χ0) is 10.3. The van der Waals surface area contributed by atoms with E-state index in [0.29, 0.717) is 19.5 Å². The van der Waals surface area contributed by atoms with Crippen LogP contribution in [0.1, 0.15) is 0 Å². The molecule has 0 aromatic heterocycles. The summed E-state index contributed by atoms with van der Waals surface area (Å²) in [6.07, 6.45) is 0. The Hall–Kier alpha value is -1.17. The van der Waals surface area contributed by atoms with Crippen LogP contribution in [0.15, 0.2) is 60.7 Å². The molecule has 2 aromatic carbocycles. The van der Waals surface area contributed by atoms with Crippen molar-refractivity contribution in [1.82, 2.24) is 0 Å². The molecule has 0 saturated heterocycles. The summed E-state index contributed by atoms with van der Waals surface area (Å²) in [4.78, 5) is 0. The minimum atomic E-state index is 0.442. The second-order valence-corrected chi connectivity index (χ2v) is 5.42. The van der Waals surface area contributed by atoms with Gasteiger partial charge in [-0.3, -0.25) is 0 Å². The van der Waals surface area contributed by atoms with E-state index in [1.807, 2.05) is 36.4 Å². The molecule has 0 aliphatic carbocycles. The van der Waals surface area contributed by atoms with E-state index in [4.69, 9.17) is 4.12 Å². The van der Waals surface area contributed by atoms with E-state index in [2.05, 4.69) is 24.3 Å². The first-order valence-electron chi connectivity index (χ1n) is 4.73. The molecule has 0 unspecified atom stereocenters. The van der Waals surface area contributed by atoms with Gasteiger partial charge in [-0.15, -0.1) is 0 Å². The summed E-state index contributed by atoms with van der Waals surface area (Å²) < 4.78 is 5.66. The molecule has 0 saturated carbocycles. The van der Waals surface area contributed by atoms with Crippen LogP contribution in [0.5, 0.6) is 0 Å². The lowest BCUT2D eigenvalue weighted by molar-refractivity contribution is 0.663. The minimum absolute atomic E-state index is 0.442. The van der Waals surface area contributed by atoms with E-state index in [1.54, 1.807) is 0 Å². The van der Waals surface area contributed by atoms with Gasteiger partial charge in [-0.2, -0.15) is 0 Å². The summed E-state index contributed by atoms with van der Waals surface area (Å²) in [6.45, 7) is 0. The van der Waals surface area contributed by atoms with Gasteiger partial charge in [-0.25, -0.2) is 0 Å². The van der Waals surface area contributed by atoms with Gasteiger partial charge >= 0.3 is 0 Å². The summed E-state index contributed by atoms with van der Waals surface area (Å²) in [7, 11) is 0.885. The van der Waals surface area contributed by atoms with E-state index >= 15 is 0 Å². The number of hydrogen-bond donors (Lipinski definition) is 0. The first-order valence-corrected chi connectivity index (χ1v) is 6.55. The van der Waals surface area contributed by atoms with Gasteiger partial charge in [-0.1, -0.05) is 60.7 Å². The molecule has 2 rings (SSSR count). The number of hydrogen-bond acceptors (Lipinski definition) is 1. The zero-order valence-corrected chi connectivity index (χ0v) is 10.2. The first kappa shape index (κ1) is 10.4. The van der Waals surface area contributed by atoms with Crippen LogP contribution in [0.25, 0.3) is 0 Å². The lowest BCUT2D eigenvalue weighted by atomic mass is 10.4. The molecule has 0 aliphatic heterocycles. The van der Waals surface area contributed by atoms with E-state index in [0.717, 1.165) is 0 Å². The quantitative estimate of drug-likeness (QED) is 0.704. The Morgan fingerprint density at radius 3 is 1.40 bits per heavy atom. The topological polar surface area (TPSA) is 9.23 Å². The molecule has 3 heteroatoms. The fraction of sp³-hybridized carbons (Fsp3) is 0. The Bertz CT molecular complexity index is 349. The summed E-state index contributed by atoms with van der Waals surface area (Å²) in [5.41, 5.74) is 0. The molecule has 2 aromatic rings. The van der Waals surface area contributed by atoms with Crippen molar-refractivity contribution in [3.63, 3.8) is 0 Å². The normalized spacial score (nSPS) is 10.1. The highest BCUT2D eigenvalue weighted by atomic mass is 28.3. The van der Waals surface area contributed by atoms with Crippen LogP contribution in [-0.2, 0) is 4.12 Å². The lowest BCUT2D eigenvalue weighted by Crippen LogP contribution is -2.25. The molecule has 0 amide bonds. The summed E-state index contributed by atoms with van der Waals surface area (Å²) in [6, 6.07) is 20.6. The fourth-order valence-electron chi connectivity index (χ4n) is 1.16. The Balaban J connectivity index is 1.81. The fourth-order valence-corrected chi connectivity index (χ4v) is 2.96. The summed E-state index contributed by atoms with van der Waals surface area (Å²) >= 11 is 0. The van der Waals surface area contributed by atoms with E-state index < -0.39 is 0 Å². The Morgan fingerprint density at radius 2 is 1.00 bits per heavy atom. The molecular weight excluding hydrogens is 216 g/mol. The van der Waals surface area contributed by atoms with Gasteiger partial charge in [0.1, 0.15) is 0 Å². The average Bonchev–Trinajstić information content (AvgIpc) is 2.32. The van der Waals surface area contributed by atoms with Gasteiger partial charge in [0, 0.05) is 0 Å². The van der Waals surface area contributed by atoms with Gasteiger partial charge in [0.2, 0.25) is 0 Å². The maximum atomic E-state index is 5.66. The third-order valence-corrected chi connectivity index (χ3v) is 3.84. The SMILES string of the molecule is c1ccc([Si]O[Si]c2ccccc2)cc1. The molecule has 4 radical (unpaired) electrons.